The quantitative estimate of drug-likeness (QED) is 0.619. The van der Waals surface area contributed by atoms with Crippen LogP contribution in [0.25, 0.3) is 10.6 Å². The van der Waals surface area contributed by atoms with Gasteiger partial charge in [-0.25, -0.2) is 10.8 Å². The number of hydrogen-bond donors (Lipinski definition) is 2. The maximum atomic E-state index is 5.34. The SMILES string of the molecule is Cc1cc(C)c(-c2nc(NN)cs2)c(C)c1. The first-order valence-electron chi connectivity index (χ1n) is 5.12. The van der Waals surface area contributed by atoms with Crippen LogP contribution in [0.15, 0.2) is 17.5 Å². The molecule has 16 heavy (non-hydrogen) atoms. The maximum absolute atomic E-state index is 5.34. The Morgan fingerprint density at radius 2 is 1.81 bits per heavy atom. The van der Waals surface area contributed by atoms with E-state index >= 15 is 0 Å². The van der Waals surface area contributed by atoms with Crippen molar-refractivity contribution in [2.24, 2.45) is 5.84 Å². The summed E-state index contributed by atoms with van der Waals surface area (Å²) in [7, 11) is 0. The topological polar surface area (TPSA) is 50.9 Å². The molecule has 84 valence electrons. The summed E-state index contributed by atoms with van der Waals surface area (Å²) in [6, 6.07) is 4.36. The van der Waals surface area contributed by atoms with Gasteiger partial charge >= 0.3 is 0 Å². The van der Waals surface area contributed by atoms with Crippen LogP contribution in [0.4, 0.5) is 5.82 Å². The summed E-state index contributed by atoms with van der Waals surface area (Å²) >= 11 is 1.61. The van der Waals surface area contributed by atoms with Crippen molar-refractivity contribution in [1.82, 2.24) is 4.98 Å². The highest BCUT2D eigenvalue weighted by Gasteiger charge is 2.10. The Labute approximate surface area is 99.3 Å². The van der Waals surface area contributed by atoms with Crippen LogP contribution in [0.1, 0.15) is 16.7 Å². The standard InChI is InChI=1S/C12H15N3S/c1-7-4-8(2)11(9(3)5-7)12-14-10(15-13)6-16-12/h4-6,15H,13H2,1-3H3. The molecule has 1 heterocycles. The van der Waals surface area contributed by atoms with Crippen molar-refractivity contribution in [3.8, 4) is 10.6 Å². The summed E-state index contributed by atoms with van der Waals surface area (Å²) in [6.45, 7) is 6.34. The van der Waals surface area contributed by atoms with Crippen LogP contribution in [0, 0.1) is 20.8 Å². The molecule has 1 aromatic carbocycles. The molecule has 0 bridgehead atoms. The molecule has 0 aliphatic heterocycles. The van der Waals surface area contributed by atoms with E-state index in [4.69, 9.17) is 5.84 Å². The summed E-state index contributed by atoms with van der Waals surface area (Å²) in [6.07, 6.45) is 0. The van der Waals surface area contributed by atoms with Gasteiger partial charge in [0.1, 0.15) is 5.01 Å². The molecule has 0 saturated heterocycles. The van der Waals surface area contributed by atoms with Crippen LogP contribution in [0.3, 0.4) is 0 Å². The minimum Gasteiger partial charge on any atom is -0.308 e. The molecule has 0 aliphatic carbocycles. The number of anilines is 1. The van der Waals surface area contributed by atoms with Crippen molar-refractivity contribution >= 4 is 17.2 Å². The molecule has 0 saturated carbocycles. The molecule has 3 N–H and O–H groups in total. The van der Waals surface area contributed by atoms with Gasteiger partial charge in [0.25, 0.3) is 0 Å². The van der Waals surface area contributed by atoms with Crippen LogP contribution in [0.2, 0.25) is 0 Å². The summed E-state index contributed by atoms with van der Waals surface area (Å²) in [4.78, 5) is 4.43. The Morgan fingerprint density at radius 3 is 2.31 bits per heavy atom. The Morgan fingerprint density at radius 1 is 1.19 bits per heavy atom. The van der Waals surface area contributed by atoms with E-state index in [2.05, 4.69) is 43.3 Å². The molecule has 0 aliphatic rings. The second-order valence-electron chi connectivity index (χ2n) is 3.96. The van der Waals surface area contributed by atoms with Gasteiger partial charge in [-0.1, -0.05) is 17.7 Å². The van der Waals surface area contributed by atoms with Crippen molar-refractivity contribution < 1.29 is 0 Å². The van der Waals surface area contributed by atoms with E-state index in [9.17, 15) is 0 Å². The van der Waals surface area contributed by atoms with E-state index in [1.165, 1.54) is 22.3 Å². The number of aromatic nitrogens is 1. The number of nitrogen functional groups attached to an aromatic ring is 1. The van der Waals surface area contributed by atoms with E-state index < -0.39 is 0 Å². The Kier molecular flexibility index (Phi) is 2.94. The zero-order chi connectivity index (χ0) is 11.7. The van der Waals surface area contributed by atoms with Crippen molar-refractivity contribution in [3.05, 3.63) is 34.2 Å². The minimum absolute atomic E-state index is 0.722. The number of hydrogen-bond acceptors (Lipinski definition) is 4. The zero-order valence-corrected chi connectivity index (χ0v) is 10.5. The third-order valence-electron chi connectivity index (χ3n) is 2.54. The summed E-state index contributed by atoms with van der Waals surface area (Å²) in [5, 5.41) is 2.94. The van der Waals surface area contributed by atoms with E-state index in [-0.39, 0.29) is 0 Å². The molecule has 1 aromatic heterocycles. The summed E-state index contributed by atoms with van der Waals surface area (Å²) in [5.41, 5.74) is 7.59. The van der Waals surface area contributed by atoms with Gasteiger partial charge in [0.2, 0.25) is 0 Å². The normalized spacial score (nSPS) is 10.5. The number of benzene rings is 1. The molecule has 2 aromatic rings. The highest BCUT2D eigenvalue weighted by atomic mass is 32.1. The van der Waals surface area contributed by atoms with E-state index in [0.29, 0.717) is 0 Å². The van der Waals surface area contributed by atoms with Crippen LogP contribution in [-0.2, 0) is 0 Å². The Bertz CT molecular complexity index is 494. The molecule has 0 atom stereocenters. The van der Waals surface area contributed by atoms with Crippen LogP contribution >= 0.6 is 11.3 Å². The number of nitrogens with one attached hydrogen (secondary N) is 1. The third kappa shape index (κ3) is 1.94. The van der Waals surface area contributed by atoms with Gasteiger partial charge in [0, 0.05) is 10.9 Å². The fraction of sp³-hybridized carbons (Fsp3) is 0.250. The first kappa shape index (κ1) is 11.1. The summed E-state index contributed by atoms with van der Waals surface area (Å²) < 4.78 is 0. The van der Waals surface area contributed by atoms with Gasteiger partial charge in [0.15, 0.2) is 5.82 Å². The number of nitrogens with zero attached hydrogens (tertiary/aromatic N) is 1. The molecule has 2 rings (SSSR count). The molecular formula is C12H15N3S. The average Bonchev–Trinajstić information content (AvgIpc) is 2.64. The van der Waals surface area contributed by atoms with Gasteiger partial charge in [0.05, 0.1) is 0 Å². The predicted octanol–water partition coefficient (Wildman–Crippen LogP) is 3.02. The van der Waals surface area contributed by atoms with Crippen molar-refractivity contribution in [1.29, 1.82) is 0 Å². The highest BCUT2D eigenvalue weighted by molar-refractivity contribution is 7.13. The number of rotatable bonds is 2. The summed E-state index contributed by atoms with van der Waals surface area (Å²) in [5.74, 6) is 6.06. The van der Waals surface area contributed by atoms with Gasteiger partial charge in [-0.3, -0.25) is 0 Å². The van der Waals surface area contributed by atoms with Crippen molar-refractivity contribution in [2.75, 3.05) is 5.43 Å². The lowest BCUT2D eigenvalue weighted by Gasteiger charge is -2.08. The Balaban J connectivity index is 2.55. The average molecular weight is 233 g/mol. The van der Waals surface area contributed by atoms with Gasteiger partial charge in [-0.2, -0.15) is 0 Å². The van der Waals surface area contributed by atoms with Crippen LogP contribution in [0.5, 0.6) is 0 Å². The first-order valence-corrected chi connectivity index (χ1v) is 6.00. The van der Waals surface area contributed by atoms with Crippen molar-refractivity contribution in [2.45, 2.75) is 20.8 Å². The molecule has 0 radical (unpaired) electrons. The van der Waals surface area contributed by atoms with E-state index in [1.54, 1.807) is 11.3 Å². The lowest BCUT2D eigenvalue weighted by Crippen LogP contribution is -2.06. The second-order valence-corrected chi connectivity index (χ2v) is 4.81. The lowest BCUT2D eigenvalue weighted by atomic mass is 10.0. The van der Waals surface area contributed by atoms with Gasteiger partial charge in [-0.15, -0.1) is 11.3 Å². The number of aryl methyl sites for hydroxylation is 3. The molecule has 0 unspecified atom stereocenters. The van der Waals surface area contributed by atoms with E-state index in [1.807, 2.05) is 5.38 Å². The van der Waals surface area contributed by atoms with Crippen LogP contribution in [-0.4, -0.2) is 4.98 Å². The van der Waals surface area contributed by atoms with Gasteiger partial charge in [-0.05, 0) is 31.9 Å². The second kappa shape index (κ2) is 4.23. The lowest BCUT2D eigenvalue weighted by molar-refractivity contribution is 1.25. The minimum atomic E-state index is 0.722. The number of hydrazine groups is 1. The molecule has 3 nitrogen and oxygen atoms in total. The van der Waals surface area contributed by atoms with E-state index in [0.717, 1.165) is 10.8 Å². The third-order valence-corrected chi connectivity index (χ3v) is 3.40. The monoisotopic (exact) mass is 233 g/mol. The molecule has 0 amide bonds. The smallest absolute Gasteiger partial charge is 0.151 e. The first-order chi connectivity index (χ1) is 7.61. The number of nitrogens with two attached hydrogens (primary N) is 1. The molecule has 0 fully saturated rings. The van der Waals surface area contributed by atoms with Crippen LogP contribution < -0.4 is 11.3 Å². The largest absolute Gasteiger partial charge is 0.308 e. The fourth-order valence-electron chi connectivity index (χ4n) is 1.97. The van der Waals surface area contributed by atoms with Crippen molar-refractivity contribution in [3.63, 3.8) is 0 Å². The predicted molar refractivity (Wildman–Crippen MR) is 69.6 cm³/mol. The molecule has 0 spiro atoms. The number of thiazole rings is 1. The molecule has 4 heteroatoms. The highest BCUT2D eigenvalue weighted by Crippen LogP contribution is 2.31. The maximum Gasteiger partial charge on any atom is 0.151 e. The molecular weight excluding hydrogens is 218 g/mol. The Hall–Kier alpha value is -1.39. The zero-order valence-electron chi connectivity index (χ0n) is 9.66. The fourth-order valence-corrected chi connectivity index (χ4v) is 2.91. The van der Waals surface area contributed by atoms with Gasteiger partial charge < -0.3 is 5.43 Å².